The maximum atomic E-state index is 13.2. The zero-order valence-corrected chi connectivity index (χ0v) is 9.43. The van der Waals surface area contributed by atoms with Crippen LogP contribution in [0.15, 0.2) is 42.7 Å². The molecule has 2 N–H and O–H groups in total. The molecule has 0 atom stereocenters. The van der Waals surface area contributed by atoms with Gasteiger partial charge < -0.3 is 10.4 Å². The van der Waals surface area contributed by atoms with Crippen LogP contribution in [0.2, 0.25) is 0 Å². The molecule has 0 aliphatic carbocycles. The van der Waals surface area contributed by atoms with E-state index in [0.29, 0.717) is 5.56 Å². The second-order valence-corrected chi connectivity index (χ2v) is 3.75. The fourth-order valence-electron chi connectivity index (χ4n) is 1.52. The molecule has 0 bridgehead atoms. The highest BCUT2D eigenvalue weighted by atomic mass is 19.1. The fraction of sp³-hybridized carbons (Fsp3) is 0.0769. The topological polar surface area (TPSA) is 62.2 Å². The van der Waals surface area contributed by atoms with Crippen LogP contribution in [0, 0.1) is 5.82 Å². The monoisotopic (exact) mass is 246 g/mol. The minimum absolute atomic E-state index is 0.0656. The molecule has 0 aliphatic rings. The maximum Gasteiger partial charge on any atom is 0.228 e. The summed E-state index contributed by atoms with van der Waals surface area (Å²) in [7, 11) is 0. The van der Waals surface area contributed by atoms with Crippen molar-refractivity contribution in [2.24, 2.45) is 0 Å². The van der Waals surface area contributed by atoms with Crippen molar-refractivity contribution in [3.63, 3.8) is 0 Å². The van der Waals surface area contributed by atoms with Gasteiger partial charge in [-0.05, 0) is 23.8 Å². The van der Waals surface area contributed by atoms with E-state index in [-0.39, 0.29) is 23.8 Å². The van der Waals surface area contributed by atoms with Crippen LogP contribution in [0.3, 0.4) is 0 Å². The Bertz CT molecular complexity index is 572. The Labute approximate surface area is 103 Å². The van der Waals surface area contributed by atoms with E-state index in [1.165, 1.54) is 24.4 Å². The number of aromatic nitrogens is 1. The molecule has 4 nitrogen and oxygen atoms in total. The number of hydrogen-bond donors (Lipinski definition) is 2. The minimum atomic E-state index is -0.582. The first-order valence-corrected chi connectivity index (χ1v) is 5.32. The number of nitrogens with zero attached hydrogens (tertiary/aromatic N) is 1. The molecule has 0 saturated carbocycles. The molecule has 2 rings (SSSR count). The van der Waals surface area contributed by atoms with Gasteiger partial charge in [-0.2, -0.15) is 0 Å². The Morgan fingerprint density at radius 2 is 2.22 bits per heavy atom. The van der Waals surface area contributed by atoms with Gasteiger partial charge >= 0.3 is 0 Å². The summed E-state index contributed by atoms with van der Waals surface area (Å²) in [6.45, 7) is 0. The summed E-state index contributed by atoms with van der Waals surface area (Å²) in [5.41, 5.74) is 0.747. The van der Waals surface area contributed by atoms with Crippen molar-refractivity contribution in [3.05, 3.63) is 54.1 Å². The van der Waals surface area contributed by atoms with Gasteiger partial charge in [-0.15, -0.1) is 0 Å². The average Bonchev–Trinajstić information content (AvgIpc) is 2.32. The van der Waals surface area contributed by atoms with Gasteiger partial charge in [-0.25, -0.2) is 4.39 Å². The van der Waals surface area contributed by atoms with Gasteiger partial charge in [0.1, 0.15) is 5.75 Å². The number of carbonyl (C=O) groups is 1. The number of amides is 1. The van der Waals surface area contributed by atoms with Crippen LogP contribution in [-0.2, 0) is 11.2 Å². The molecule has 92 valence electrons. The predicted octanol–water partition coefficient (Wildman–Crippen LogP) is 2.11. The summed E-state index contributed by atoms with van der Waals surface area (Å²) < 4.78 is 13.2. The molecular formula is C13H11FN2O2. The van der Waals surface area contributed by atoms with Gasteiger partial charge in [-0.1, -0.05) is 12.1 Å². The summed E-state index contributed by atoms with van der Waals surface area (Å²) in [6, 6.07) is 7.75. The van der Waals surface area contributed by atoms with Gasteiger partial charge in [0, 0.05) is 6.20 Å². The first-order valence-electron chi connectivity index (χ1n) is 5.32. The minimum Gasteiger partial charge on any atom is -0.508 e. The molecule has 0 saturated heterocycles. The van der Waals surface area contributed by atoms with Crippen molar-refractivity contribution in [2.45, 2.75) is 6.42 Å². The van der Waals surface area contributed by atoms with Crippen molar-refractivity contribution in [3.8, 4) is 5.75 Å². The normalized spacial score (nSPS) is 10.1. The third kappa shape index (κ3) is 3.04. The first kappa shape index (κ1) is 12.0. The second-order valence-electron chi connectivity index (χ2n) is 3.75. The highest BCUT2D eigenvalue weighted by molar-refractivity contribution is 5.92. The van der Waals surface area contributed by atoms with Crippen LogP contribution in [0.5, 0.6) is 5.75 Å². The molecule has 5 heteroatoms. The van der Waals surface area contributed by atoms with Gasteiger partial charge in [0.15, 0.2) is 5.82 Å². The standard InChI is InChI=1S/C13H11FN2O2/c14-11-8-15-5-4-12(11)16-13(18)7-9-2-1-3-10(17)6-9/h1-6,8,17H,7H2,(H,15,16,18). The zero-order chi connectivity index (χ0) is 13.0. The third-order valence-electron chi connectivity index (χ3n) is 2.32. The second kappa shape index (κ2) is 5.27. The van der Waals surface area contributed by atoms with Crippen LogP contribution in [0.1, 0.15) is 5.56 Å². The number of anilines is 1. The van der Waals surface area contributed by atoms with E-state index in [1.54, 1.807) is 12.1 Å². The van der Waals surface area contributed by atoms with E-state index in [9.17, 15) is 14.3 Å². The van der Waals surface area contributed by atoms with E-state index < -0.39 is 5.82 Å². The quantitative estimate of drug-likeness (QED) is 0.871. The van der Waals surface area contributed by atoms with E-state index in [4.69, 9.17) is 0 Å². The van der Waals surface area contributed by atoms with Crippen LogP contribution in [0.25, 0.3) is 0 Å². The largest absolute Gasteiger partial charge is 0.508 e. The van der Waals surface area contributed by atoms with E-state index in [2.05, 4.69) is 10.3 Å². The number of aromatic hydroxyl groups is 1. The fourth-order valence-corrected chi connectivity index (χ4v) is 1.52. The Morgan fingerprint density at radius 1 is 1.39 bits per heavy atom. The number of benzene rings is 1. The summed E-state index contributed by atoms with van der Waals surface area (Å²) in [5.74, 6) is -0.845. The van der Waals surface area contributed by atoms with Crippen LogP contribution in [0.4, 0.5) is 10.1 Å². The molecule has 1 aromatic carbocycles. The van der Waals surface area contributed by atoms with Crippen molar-refractivity contribution in [1.29, 1.82) is 0 Å². The number of pyridine rings is 1. The third-order valence-corrected chi connectivity index (χ3v) is 2.32. The first-order chi connectivity index (χ1) is 8.65. The van der Waals surface area contributed by atoms with Crippen molar-refractivity contribution in [1.82, 2.24) is 4.98 Å². The summed E-state index contributed by atoms with van der Waals surface area (Å²) in [4.78, 5) is 15.3. The predicted molar refractivity (Wildman–Crippen MR) is 64.6 cm³/mol. The molecule has 0 radical (unpaired) electrons. The van der Waals surface area contributed by atoms with Crippen molar-refractivity contribution >= 4 is 11.6 Å². The van der Waals surface area contributed by atoms with E-state index in [1.807, 2.05) is 0 Å². The molecule has 18 heavy (non-hydrogen) atoms. The lowest BCUT2D eigenvalue weighted by Gasteiger charge is -2.06. The van der Waals surface area contributed by atoms with Gasteiger partial charge in [0.05, 0.1) is 18.3 Å². The lowest BCUT2D eigenvalue weighted by molar-refractivity contribution is -0.115. The Hall–Kier alpha value is -2.43. The van der Waals surface area contributed by atoms with Crippen LogP contribution < -0.4 is 5.32 Å². The van der Waals surface area contributed by atoms with Gasteiger partial charge in [0.2, 0.25) is 5.91 Å². The number of rotatable bonds is 3. The molecule has 1 heterocycles. The number of halogens is 1. The molecule has 0 aliphatic heterocycles. The highest BCUT2D eigenvalue weighted by Gasteiger charge is 2.07. The zero-order valence-electron chi connectivity index (χ0n) is 9.43. The average molecular weight is 246 g/mol. The number of carbonyl (C=O) groups excluding carboxylic acids is 1. The molecule has 0 spiro atoms. The summed E-state index contributed by atoms with van der Waals surface area (Å²) in [6.07, 6.45) is 2.49. The molecule has 1 aromatic heterocycles. The Balaban J connectivity index is 2.03. The SMILES string of the molecule is O=C(Cc1cccc(O)c1)Nc1ccncc1F. The lowest BCUT2D eigenvalue weighted by Crippen LogP contribution is -2.15. The van der Waals surface area contributed by atoms with Gasteiger partial charge in [-0.3, -0.25) is 9.78 Å². The van der Waals surface area contributed by atoms with Crippen LogP contribution in [-0.4, -0.2) is 16.0 Å². The van der Waals surface area contributed by atoms with Crippen LogP contribution >= 0.6 is 0 Å². The lowest BCUT2D eigenvalue weighted by atomic mass is 10.1. The molecule has 0 unspecified atom stereocenters. The highest BCUT2D eigenvalue weighted by Crippen LogP contribution is 2.14. The molecular weight excluding hydrogens is 235 g/mol. The molecule has 2 aromatic rings. The maximum absolute atomic E-state index is 13.2. The molecule has 0 fully saturated rings. The van der Waals surface area contributed by atoms with Crippen molar-refractivity contribution < 1.29 is 14.3 Å². The Morgan fingerprint density at radius 3 is 2.94 bits per heavy atom. The summed E-state index contributed by atoms with van der Waals surface area (Å²) in [5, 5.41) is 11.7. The van der Waals surface area contributed by atoms with E-state index in [0.717, 1.165) is 6.20 Å². The van der Waals surface area contributed by atoms with E-state index >= 15 is 0 Å². The number of nitrogens with one attached hydrogen (secondary N) is 1. The number of phenols is 1. The van der Waals surface area contributed by atoms with Crippen molar-refractivity contribution in [2.75, 3.05) is 5.32 Å². The van der Waals surface area contributed by atoms with Gasteiger partial charge in [0.25, 0.3) is 0 Å². The number of phenolic OH excluding ortho intramolecular Hbond substituents is 1. The summed E-state index contributed by atoms with van der Waals surface area (Å²) >= 11 is 0. The Kier molecular flexibility index (Phi) is 3.52. The number of hydrogen-bond acceptors (Lipinski definition) is 3. The smallest absolute Gasteiger partial charge is 0.228 e. The molecule has 1 amide bonds.